The third kappa shape index (κ3) is 1.91. The minimum atomic E-state index is -0.0117. The van der Waals surface area contributed by atoms with Crippen LogP contribution in [0.4, 0.5) is 5.95 Å². The molecule has 2 heterocycles. The SMILES string of the molecule is Cc1ccc(C2CC(=O)n3c(nc4ccccc43)N2)cc1. The van der Waals surface area contributed by atoms with Gasteiger partial charge in [0, 0.05) is 0 Å². The van der Waals surface area contributed by atoms with Crippen molar-refractivity contribution in [2.24, 2.45) is 0 Å². The number of benzene rings is 2. The molecule has 2 aromatic carbocycles. The Hall–Kier alpha value is -2.62. The highest BCUT2D eigenvalue weighted by atomic mass is 16.2. The minimum Gasteiger partial charge on any atom is -0.348 e. The maximum Gasteiger partial charge on any atom is 0.236 e. The van der Waals surface area contributed by atoms with Gasteiger partial charge in [0.05, 0.1) is 23.5 Å². The van der Waals surface area contributed by atoms with Crippen molar-refractivity contribution in [2.75, 3.05) is 5.32 Å². The fourth-order valence-electron chi connectivity index (χ4n) is 2.85. The van der Waals surface area contributed by atoms with Gasteiger partial charge in [0.2, 0.25) is 11.9 Å². The molecule has 3 aromatic rings. The summed E-state index contributed by atoms with van der Waals surface area (Å²) >= 11 is 0. The molecule has 0 aliphatic carbocycles. The average Bonchev–Trinajstić information content (AvgIpc) is 2.86. The number of carbonyl (C=O) groups is 1. The van der Waals surface area contributed by atoms with Gasteiger partial charge in [-0.05, 0) is 24.6 Å². The molecule has 21 heavy (non-hydrogen) atoms. The number of aryl methyl sites for hydroxylation is 1. The highest BCUT2D eigenvalue weighted by Gasteiger charge is 2.28. The lowest BCUT2D eigenvalue weighted by molar-refractivity contribution is 0.0893. The van der Waals surface area contributed by atoms with Gasteiger partial charge in [-0.15, -0.1) is 0 Å². The molecule has 0 saturated carbocycles. The van der Waals surface area contributed by atoms with Gasteiger partial charge in [0.15, 0.2) is 0 Å². The molecule has 4 heteroatoms. The van der Waals surface area contributed by atoms with Gasteiger partial charge in [-0.2, -0.15) is 0 Å². The number of imidazole rings is 1. The zero-order valence-electron chi connectivity index (χ0n) is 11.7. The van der Waals surface area contributed by atoms with Crippen molar-refractivity contribution in [3.63, 3.8) is 0 Å². The number of nitrogens with one attached hydrogen (secondary N) is 1. The van der Waals surface area contributed by atoms with E-state index in [9.17, 15) is 4.79 Å². The number of anilines is 1. The van der Waals surface area contributed by atoms with E-state index in [0.29, 0.717) is 12.4 Å². The number of para-hydroxylation sites is 2. The summed E-state index contributed by atoms with van der Waals surface area (Å²) in [6.45, 7) is 2.06. The Labute approximate surface area is 122 Å². The molecule has 1 unspecified atom stereocenters. The summed E-state index contributed by atoms with van der Waals surface area (Å²) in [5.74, 6) is 0.723. The van der Waals surface area contributed by atoms with E-state index >= 15 is 0 Å². The van der Waals surface area contributed by atoms with Crippen LogP contribution in [0.3, 0.4) is 0 Å². The Morgan fingerprint density at radius 2 is 1.90 bits per heavy atom. The number of hydrogen-bond acceptors (Lipinski definition) is 3. The van der Waals surface area contributed by atoms with Crippen molar-refractivity contribution < 1.29 is 4.79 Å². The van der Waals surface area contributed by atoms with E-state index in [0.717, 1.165) is 16.6 Å². The monoisotopic (exact) mass is 277 g/mol. The van der Waals surface area contributed by atoms with E-state index in [-0.39, 0.29) is 11.9 Å². The molecule has 1 atom stereocenters. The summed E-state index contributed by atoms with van der Waals surface area (Å²) in [5.41, 5.74) is 4.05. The van der Waals surface area contributed by atoms with Crippen molar-refractivity contribution in [1.29, 1.82) is 0 Å². The van der Waals surface area contributed by atoms with Gasteiger partial charge in [0.25, 0.3) is 0 Å². The first-order chi connectivity index (χ1) is 10.2. The molecular weight excluding hydrogens is 262 g/mol. The number of hydrogen-bond donors (Lipinski definition) is 1. The lowest BCUT2D eigenvalue weighted by Gasteiger charge is -2.25. The van der Waals surface area contributed by atoms with Crippen LogP contribution in [0.15, 0.2) is 48.5 Å². The van der Waals surface area contributed by atoms with Crippen LogP contribution in [0.1, 0.15) is 28.4 Å². The highest BCUT2D eigenvalue weighted by Crippen LogP contribution is 2.31. The molecule has 4 nitrogen and oxygen atoms in total. The fourth-order valence-corrected chi connectivity index (χ4v) is 2.85. The first-order valence-electron chi connectivity index (χ1n) is 7.06. The van der Waals surface area contributed by atoms with Crippen LogP contribution in [0, 0.1) is 6.92 Å². The second-order valence-corrected chi connectivity index (χ2v) is 5.47. The van der Waals surface area contributed by atoms with Gasteiger partial charge >= 0.3 is 0 Å². The molecule has 4 rings (SSSR count). The fraction of sp³-hybridized carbons (Fsp3) is 0.176. The maximum atomic E-state index is 12.5. The first-order valence-corrected chi connectivity index (χ1v) is 7.06. The van der Waals surface area contributed by atoms with Crippen LogP contribution in [0.5, 0.6) is 0 Å². The van der Waals surface area contributed by atoms with E-state index in [1.807, 2.05) is 24.3 Å². The van der Waals surface area contributed by atoms with Crippen molar-refractivity contribution in [3.8, 4) is 0 Å². The third-order valence-electron chi connectivity index (χ3n) is 3.97. The Balaban J connectivity index is 1.78. The second kappa shape index (κ2) is 4.45. The zero-order chi connectivity index (χ0) is 14.4. The predicted octanol–water partition coefficient (Wildman–Crippen LogP) is 3.54. The van der Waals surface area contributed by atoms with E-state index in [2.05, 4.69) is 41.5 Å². The summed E-state index contributed by atoms with van der Waals surface area (Å²) < 4.78 is 1.68. The molecule has 0 fully saturated rings. The summed E-state index contributed by atoms with van der Waals surface area (Å²) in [6.07, 6.45) is 0.441. The van der Waals surface area contributed by atoms with Crippen LogP contribution in [0.25, 0.3) is 11.0 Å². The summed E-state index contributed by atoms with van der Waals surface area (Å²) in [4.78, 5) is 17.0. The van der Waals surface area contributed by atoms with E-state index in [1.165, 1.54) is 5.56 Å². The molecule has 0 bridgehead atoms. The summed E-state index contributed by atoms with van der Waals surface area (Å²) in [5, 5.41) is 3.38. The van der Waals surface area contributed by atoms with Crippen molar-refractivity contribution in [3.05, 3.63) is 59.7 Å². The quantitative estimate of drug-likeness (QED) is 0.740. The first kappa shape index (κ1) is 12.1. The number of nitrogens with zero attached hydrogens (tertiary/aromatic N) is 2. The normalized spacial score (nSPS) is 17.6. The van der Waals surface area contributed by atoms with Gasteiger partial charge in [-0.25, -0.2) is 9.55 Å². The Kier molecular flexibility index (Phi) is 2.57. The Bertz CT molecular complexity index is 833. The largest absolute Gasteiger partial charge is 0.348 e. The van der Waals surface area contributed by atoms with Crippen LogP contribution < -0.4 is 5.32 Å². The van der Waals surface area contributed by atoms with Crippen molar-refractivity contribution >= 4 is 22.9 Å². The van der Waals surface area contributed by atoms with E-state index in [1.54, 1.807) is 4.57 Å². The average molecular weight is 277 g/mol. The zero-order valence-corrected chi connectivity index (χ0v) is 11.7. The molecule has 1 N–H and O–H groups in total. The van der Waals surface area contributed by atoms with Crippen molar-refractivity contribution in [2.45, 2.75) is 19.4 Å². The highest BCUT2D eigenvalue weighted by molar-refractivity contribution is 5.95. The lowest BCUT2D eigenvalue weighted by atomic mass is 10.0. The maximum absolute atomic E-state index is 12.5. The van der Waals surface area contributed by atoms with Crippen LogP contribution in [0.2, 0.25) is 0 Å². The van der Waals surface area contributed by atoms with Gasteiger partial charge in [0.1, 0.15) is 0 Å². The smallest absolute Gasteiger partial charge is 0.236 e. The third-order valence-corrected chi connectivity index (χ3v) is 3.97. The number of fused-ring (bicyclic) bond motifs is 3. The molecule has 1 aliphatic heterocycles. The van der Waals surface area contributed by atoms with Gasteiger partial charge < -0.3 is 5.32 Å². The Morgan fingerprint density at radius 3 is 2.71 bits per heavy atom. The van der Waals surface area contributed by atoms with Gasteiger partial charge in [-0.3, -0.25) is 4.79 Å². The molecule has 0 radical (unpaired) electrons. The van der Waals surface area contributed by atoms with E-state index < -0.39 is 0 Å². The molecule has 0 saturated heterocycles. The van der Waals surface area contributed by atoms with Crippen LogP contribution >= 0.6 is 0 Å². The van der Waals surface area contributed by atoms with Crippen LogP contribution in [-0.2, 0) is 0 Å². The lowest BCUT2D eigenvalue weighted by Crippen LogP contribution is -2.27. The molecule has 0 spiro atoms. The molecule has 1 aliphatic rings. The molecular formula is C17H15N3O. The molecule has 0 amide bonds. The van der Waals surface area contributed by atoms with Gasteiger partial charge in [-0.1, -0.05) is 42.0 Å². The predicted molar refractivity (Wildman–Crippen MR) is 82.5 cm³/mol. The molecule has 104 valence electrons. The minimum absolute atomic E-state index is 0.0117. The molecule has 1 aromatic heterocycles. The summed E-state index contributed by atoms with van der Waals surface area (Å²) in [7, 11) is 0. The number of aromatic nitrogens is 2. The second-order valence-electron chi connectivity index (χ2n) is 5.47. The van der Waals surface area contributed by atoms with E-state index in [4.69, 9.17) is 0 Å². The topological polar surface area (TPSA) is 46.9 Å². The van der Waals surface area contributed by atoms with Crippen LogP contribution in [-0.4, -0.2) is 15.5 Å². The summed E-state index contributed by atoms with van der Waals surface area (Å²) in [6, 6.07) is 16.0. The number of rotatable bonds is 1. The van der Waals surface area contributed by atoms with Crippen molar-refractivity contribution in [1.82, 2.24) is 9.55 Å². The number of carbonyl (C=O) groups excluding carboxylic acids is 1. The standard InChI is InChI=1S/C17H15N3O/c1-11-6-8-12(9-7-11)14-10-16(21)20-15-5-3-2-4-13(15)18-17(20)19-14/h2-9,14H,10H2,1H3,(H,18,19). The Morgan fingerprint density at radius 1 is 1.14 bits per heavy atom.